The highest BCUT2D eigenvalue weighted by Crippen LogP contribution is 2.32. The molecule has 21 heavy (non-hydrogen) atoms. The van der Waals surface area contributed by atoms with Crippen molar-refractivity contribution in [3.8, 4) is 0 Å². The maximum Gasteiger partial charge on any atom is 0.0142 e. The van der Waals surface area contributed by atoms with Gasteiger partial charge in [-0.2, -0.15) is 0 Å². The molecule has 2 heterocycles. The number of hydrogen-bond donors (Lipinski definition) is 1. The highest BCUT2D eigenvalue weighted by Gasteiger charge is 2.32. The fourth-order valence-corrected chi connectivity index (χ4v) is 4.14. The van der Waals surface area contributed by atoms with E-state index in [1.807, 2.05) is 0 Å². The molecule has 3 atom stereocenters. The predicted octanol–water partition coefficient (Wildman–Crippen LogP) is 3.76. The van der Waals surface area contributed by atoms with E-state index in [0.29, 0.717) is 12.1 Å². The van der Waals surface area contributed by atoms with E-state index in [-0.39, 0.29) is 0 Å². The zero-order valence-corrected chi connectivity index (χ0v) is 12.5. The van der Waals surface area contributed by atoms with Crippen LogP contribution in [0, 0.1) is 5.92 Å². The van der Waals surface area contributed by atoms with Crippen molar-refractivity contribution in [2.75, 3.05) is 0 Å². The smallest absolute Gasteiger partial charge is 0.0142 e. The molecule has 1 heteroatoms. The molecule has 3 aliphatic rings. The first-order valence-electron chi connectivity index (χ1n) is 8.25. The Labute approximate surface area is 127 Å². The Hall–Kier alpha value is -1.60. The topological polar surface area (TPSA) is 12.0 Å². The Bertz CT molecular complexity index is 604. The van der Waals surface area contributed by atoms with Crippen LogP contribution < -0.4 is 5.32 Å². The van der Waals surface area contributed by atoms with Gasteiger partial charge in [-0.1, -0.05) is 54.6 Å². The van der Waals surface area contributed by atoms with Crippen molar-refractivity contribution in [3.63, 3.8) is 0 Å². The van der Waals surface area contributed by atoms with Crippen molar-refractivity contribution < 1.29 is 0 Å². The molecule has 1 saturated heterocycles. The Morgan fingerprint density at radius 1 is 0.810 bits per heavy atom. The highest BCUT2D eigenvalue weighted by molar-refractivity contribution is 5.30. The third-order valence-corrected chi connectivity index (χ3v) is 5.27. The van der Waals surface area contributed by atoms with Gasteiger partial charge in [0.25, 0.3) is 0 Å². The molecule has 2 bridgehead atoms. The summed E-state index contributed by atoms with van der Waals surface area (Å²) >= 11 is 0. The van der Waals surface area contributed by atoms with Gasteiger partial charge in [0.1, 0.15) is 0 Å². The fraction of sp³-hybridized carbons (Fsp3) is 0.400. The minimum atomic E-state index is 0.638. The molecule has 2 aliphatic heterocycles. The van der Waals surface area contributed by atoms with Gasteiger partial charge in [0.2, 0.25) is 0 Å². The van der Waals surface area contributed by atoms with E-state index in [4.69, 9.17) is 0 Å². The van der Waals surface area contributed by atoms with Gasteiger partial charge in [0.05, 0.1) is 0 Å². The Balaban J connectivity index is 1.59. The van der Waals surface area contributed by atoms with Crippen LogP contribution in [0.2, 0.25) is 0 Å². The van der Waals surface area contributed by atoms with Crippen molar-refractivity contribution in [1.29, 1.82) is 0 Å². The molecule has 0 saturated carbocycles. The second-order valence-corrected chi connectivity index (χ2v) is 6.67. The minimum Gasteiger partial charge on any atom is -0.310 e. The van der Waals surface area contributed by atoms with Crippen molar-refractivity contribution in [2.24, 2.45) is 5.92 Å². The second-order valence-electron chi connectivity index (χ2n) is 6.67. The highest BCUT2D eigenvalue weighted by atomic mass is 15.0. The first-order valence-corrected chi connectivity index (χ1v) is 8.25. The zero-order valence-electron chi connectivity index (χ0n) is 12.5. The Kier molecular flexibility index (Phi) is 3.52. The maximum absolute atomic E-state index is 3.94. The molecule has 0 amide bonds. The number of piperidine rings is 1. The Morgan fingerprint density at radius 3 is 2.33 bits per heavy atom. The lowest BCUT2D eigenvalue weighted by molar-refractivity contribution is 0.217. The number of benzene rings is 2. The molecule has 108 valence electrons. The van der Waals surface area contributed by atoms with Crippen LogP contribution in [-0.4, -0.2) is 12.1 Å². The van der Waals surface area contributed by atoms with Gasteiger partial charge >= 0.3 is 0 Å². The minimum absolute atomic E-state index is 0.638. The predicted molar refractivity (Wildman–Crippen MR) is 87.4 cm³/mol. The molecule has 2 aromatic rings. The summed E-state index contributed by atoms with van der Waals surface area (Å²) in [6.07, 6.45) is 6.33. The molecule has 2 aromatic carbocycles. The largest absolute Gasteiger partial charge is 0.310 e. The number of rotatable bonds is 2. The molecule has 1 nitrogen and oxygen atoms in total. The molecule has 0 aromatic heterocycles. The van der Waals surface area contributed by atoms with Gasteiger partial charge in [0, 0.05) is 12.1 Å². The third-order valence-electron chi connectivity index (χ3n) is 5.27. The number of fused-ring (bicyclic) bond motifs is 2. The normalized spacial score (nSPS) is 27.7. The quantitative estimate of drug-likeness (QED) is 0.881. The molecule has 1 fully saturated rings. The maximum atomic E-state index is 3.94. The summed E-state index contributed by atoms with van der Waals surface area (Å²) in [6, 6.07) is 21.3. The van der Waals surface area contributed by atoms with E-state index in [1.165, 1.54) is 37.7 Å². The molecule has 5 rings (SSSR count). The summed E-state index contributed by atoms with van der Waals surface area (Å²) in [5.74, 6) is 0.780. The average molecular weight is 277 g/mol. The van der Waals surface area contributed by atoms with Gasteiger partial charge in [-0.05, 0) is 54.7 Å². The summed E-state index contributed by atoms with van der Waals surface area (Å²) in [7, 11) is 0. The summed E-state index contributed by atoms with van der Waals surface area (Å²) in [4.78, 5) is 0. The van der Waals surface area contributed by atoms with Crippen LogP contribution in [0.5, 0.6) is 0 Å². The van der Waals surface area contributed by atoms with Crippen LogP contribution in [0.4, 0.5) is 0 Å². The van der Waals surface area contributed by atoms with E-state index in [2.05, 4.69) is 59.9 Å². The molecule has 1 N–H and O–H groups in total. The van der Waals surface area contributed by atoms with E-state index >= 15 is 0 Å². The van der Waals surface area contributed by atoms with E-state index in [0.717, 1.165) is 5.92 Å². The van der Waals surface area contributed by atoms with Crippen molar-refractivity contribution in [3.05, 3.63) is 71.3 Å². The van der Waals surface area contributed by atoms with Gasteiger partial charge in [0.15, 0.2) is 0 Å². The van der Waals surface area contributed by atoms with Crippen LogP contribution in [0.3, 0.4) is 0 Å². The van der Waals surface area contributed by atoms with Gasteiger partial charge in [-0.15, -0.1) is 0 Å². The van der Waals surface area contributed by atoms with Crippen molar-refractivity contribution in [2.45, 2.75) is 44.2 Å². The standard InChI is InChI=1S/C20H23N/c1-2-6-15(7-3-1)12-20-18-10-11-19(21-20)14-17-9-5-4-8-16(17)13-18/h1-9,18-21H,10-14H2/t18-,19+,20+/m1/s1. The van der Waals surface area contributed by atoms with Gasteiger partial charge in [-0.25, -0.2) is 0 Å². The second kappa shape index (κ2) is 5.65. The monoisotopic (exact) mass is 277 g/mol. The fourth-order valence-electron chi connectivity index (χ4n) is 4.14. The van der Waals surface area contributed by atoms with Gasteiger partial charge in [-0.3, -0.25) is 0 Å². The molecule has 1 aliphatic carbocycles. The lowest BCUT2D eigenvalue weighted by Crippen LogP contribution is -2.51. The first kappa shape index (κ1) is 13.1. The lowest BCUT2D eigenvalue weighted by atomic mass is 9.75. The summed E-state index contributed by atoms with van der Waals surface area (Å²) in [6.45, 7) is 0. The molecule has 0 radical (unpaired) electrons. The van der Waals surface area contributed by atoms with Crippen molar-refractivity contribution >= 4 is 0 Å². The molecule has 0 unspecified atom stereocenters. The zero-order chi connectivity index (χ0) is 14.1. The average Bonchev–Trinajstić information content (AvgIpc) is 2.49. The van der Waals surface area contributed by atoms with Gasteiger partial charge < -0.3 is 5.32 Å². The van der Waals surface area contributed by atoms with Crippen LogP contribution >= 0.6 is 0 Å². The lowest BCUT2D eigenvalue weighted by Gasteiger charge is -2.41. The SMILES string of the molecule is c1ccc(C[C@@H]2N[C@H]3CC[C@@H]2Cc2ccccc2C3)cc1. The van der Waals surface area contributed by atoms with Crippen LogP contribution in [0.15, 0.2) is 54.6 Å². The Morgan fingerprint density at radius 2 is 1.52 bits per heavy atom. The summed E-state index contributed by atoms with van der Waals surface area (Å²) < 4.78 is 0. The third kappa shape index (κ3) is 2.75. The number of hydrogen-bond acceptors (Lipinski definition) is 1. The molecular weight excluding hydrogens is 254 g/mol. The van der Waals surface area contributed by atoms with Crippen LogP contribution in [0.1, 0.15) is 29.5 Å². The van der Waals surface area contributed by atoms with E-state index in [1.54, 1.807) is 11.1 Å². The van der Waals surface area contributed by atoms with Crippen LogP contribution in [-0.2, 0) is 19.3 Å². The molecular formula is C20H23N. The van der Waals surface area contributed by atoms with E-state index in [9.17, 15) is 0 Å². The van der Waals surface area contributed by atoms with E-state index < -0.39 is 0 Å². The number of nitrogens with one attached hydrogen (secondary N) is 1. The van der Waals surface area contributed by atoms with Crippen molar-refractivity contribution in [1.82, 2.24) is 5.32 Å². The molecule has 0 spiro atoms. The van der Waals surface area contributed by atoms with Crippen LogP contribution in [0.25, 0.3) is 0 Å². The summed E-state index contributed by atoms with van der Waals surface area (Å²) in [5, 5.41) is 3.94. The first-order chi connectivity index (χ1) is 10.4. The summed E-state index contributed by atoms with van der Waals surface area (Å²) in [5.41, 5.74) is 4.62.